The number of nitrogens with two attached hydrogens (primary N) is 1. The van der Waals surface area contributed by atoms with Gasteiger partial charge in [0.2, 0.25) is 0 Å². The Balaban J connectivity index is 2.20. The van der Waals surface area contributed by atoms with E-state index < -0.39 is 0 Å². The van der Waals surface area contributed by atoms with Crippen LogP contribution in [0.25, 0.3) is 0 Å². The summed E-state index contributed by atoms with van der Waals surface area (Å²) < 4.78 is 1.78. The lowest BCUT2D eigenvalue weighted by molar-refractivity contribution is 0.260. The molecule has 0 amide bonds. The van der Waals surface area contributed by atoms with Gasteiger partial charge in [-0.05, 0) is 35.6 Å². The zero-order valence-corrected chi connectivity index (χ0v) is 9.43. The third-order valence-corrected chi connectivity index (χ3v) is 3.54. The van der Waals surface area contributed by atoms with Gasteiger partial charge in [-0.25, -0.2) is 4.68 Å². The summed E-state index contributed by atoms with van der Waals surface area (Å²) in [6, 6.07) is 0.314. The van der Waals surface area contributed by atoms with Crippen molar-refractivity contribution in [2.75, 3.05) is 0 Å². The first-order chi connectivity index (χ1) is 7.22. The van der Waals surface area contributed by atoms with Crippen molar-refractivity contribution in [2.45, 2.75) is 44.6 Å². The molecule has 5 nitrogen and oxygen atoms in total. The Hall–Kier alpha value is -0.970. The predicted molar refractivity (Wildman–Crippen MR) is 57.1 cm³/mol. The minimum Gasteiger partial charge on any atom is -0.328 e. The molecule has 3 unspecified atom stereocenters. The first-order valence-electron chi connectivity index (χ1n) is 5.70. The lowest BCUT2D eigenvalue weighted by atomic mass is 9.75. The molecule has 0 bridgehead atoms. The molecule has 2 rings (SSSR count). The van der Waals surface area contributed by atoms with Gasteiger partial charge in [-0.15, -0.1) is 5.10 Å². The van der Waals surface area contributed by atoms with E-state index in [9.17, 15) is 0 Å². The Morgan fingerprint density at radius 2 is 2.27 bits per heavy atom. The highest BCUT2D eigenvalue weighted by molar-refractivity contribution is 5.00. The average Bonchev–Trinajstić information content (AvgIpc) is 2.64. The lowest BCUT2D eigenvalue weighted by Gasteiger charge is -2.33. The number of tetrazole rings is 1. The molecule has 2 N–H and O–H groups in total. The van der Waals surface area contributed by atoms with Crippen LogP contribution in [-0.2, 0) is 7.05 Å². The van der Waals surface area contributed by atoms with Crippen LogP contribution in [0.4, 0.5) is 0 Å². The molecular formula is C10H19N5. The minimum absolute atomic E-state index is 0.314. The number of nitrogens with zero attached hydrogens (tertiary/aromatic N) is 4. The Morgan fingerprint density at radius 3 is 2.87 bits per heavy atom. The maximum Gasteiger partial charge on any atom is 0.154 e. The molecule has 15 heavy (non-hydrogen) atoms. The Bertz CT molecular complexity index is 321. The van der Waals surface area contributed by atoms with Gasteiger partial charge in [0, 0.05) is 19.0 Å². The first kappa shape index (κ1) is 10.5. The highest BCUT2D eigenvalue weighted by Crippen LogP contribution is 2.37. The quantitative estimate of drug-likeness (QED) is 0.783. The van der Waals surface area contributed by atoms with E-state index in [1.165, 1.54) is 12.8 Å². The minimum atomic E-state index is 0.314. The van der Waals surface area contributed by atoms with Crippen LogP contribution in [0.1, 0.15) is 44.3 Å². The molecule has 0 saturated heterocycles. The van der Waals surface area contributed by atoms with Crippen molar-refractivity contribution >= 4 is 0 Å². The highest BCUT2D eigenvalue weighted by Gasteiger charge is 2.32. The third-order valence-electron chi connectivity index (χ3n) is 3.54. The van der Waals surface area contributed by atoms with Crippen LogP contribution in [0.15, 0.2) is 0 Å². The second-order valence-electron chi connectivity index (χ2n) is 4.51. The summed E-state index contributed by atoms with van der Waals surface area (Å²) in [4.78, 5) is 0. The van der Waals surface area contributed by atoms with Crippen molar-refractivity contribution in [3.05, 3.63) is 5.82 Å². The van der Waals surface area contributed by atoms with Gasteiger partial charge in [0.25, 0.3) is 0 Å². The van der Waals surface area contributed by atoms with Crippen molar-refractivity contribution in [3.8, 4) is 0 Å². The molecule has 3 atom stereocenters. The zero-order chi connectivity index (χ0) is 10.8. The van der Waals surface area contributed by atoms with Gasteiger partial charge < -0.3 is 5.73 Å². The Kier molecular flexibility index (Phi) is 3.00. The number of aryl methyl sites for hydroxylation is 1. The molecule has 1 aliphatic rings. The van der Waals surface area contributed by atoms with E-state index in [1.54, 1.807) is 4.68 Å². The van der Waals surface area contributed by atoms with Crippen LogP contribution < -0.4 is 5.73 Å². The maximum atomic E-state index is 6.02. The largest absolute Gasteiger partial charge is 0.328 e. The highest BCUT2D eigenvalue weighted by atomic mass is 15.5. The molecule has 1 heterocycles. The van der Waals surface area contributed by atoms with Crippen LogP contribution in [0.2, 0.25) is 0 Å². The van der Waals surface area contributed by atoms with E-state index in [1.807, 2.05) is 7.05 Å². The summed E-state index contributed by atoms with van der Waals surface area (Å²) in [5.74, 6) is 2.13. The molecule has 1 aromatic heterocycles. The molecule has 1 fully saturated rings. The summed E-state index contributed by atoms with van der Waals surface area (Å²) in [6.45, 7) is 2.23. The first-order valence-corrected chi connectivity index (χ1v) is 5.70. The number of aromatic nitrogens is 4. The summed E-state index contributed by atoms with van der Waals surface area (Å²) >= 11 is 0. The van der Waals surface area contributed by atoms with Crippen LogP contribution in [0.3, 0.4) is 0 Å². The maximum absolute atomic E-state index is 6.02. The fraction of sp³-hybridized carbons (Fsp3) is 0.900. The van der Waals surface area contributed by atoms with E-state index in [2.05, 4.69) is 22.4 Å². The van der Waals surface area contributed by atoms with Gasteiger partial charge in [-0.3, -0.25) is 0 Å². The number of hydrogen-bond acceptors (Lipinski definition) is 4. The summed E-state index contributed by atoms with van der Waals surface area (Å²) in [5.41, 5.74) is 6.02. The summed E-state index contributed by atoms with van der Waals surface area (Å²) in [7, 11) is 1.90. The normalized spacial score (nSPS) is 31.8. The van der Waals surface area contributed by atoms with E-state index in [0.717, 1.165) is 18.7 Å². The Morgan fingerprint density at radius 1 is 1.47 bits per heavy atom. The van der Waals surface area contributed by atoms with E-state index >= 15 is 0 Å². The van der Waals surface area contributed by atoms with Gasteiger partial charge in [0.05, 0.1) is 0 Å². The van der Waals surface area contributed by atoms with Crippen LogP contribution in [0.5, 0.6) is 0 Å². The van der Waals surface area contributed by atoms with Gasteiger partial charge in [-0.2, -0.15) is 0 Å². The fourth-order valence-corrected chi connectivity index (χ4v) is 2.62. The molecule has 0 spiro atoms. The third kappa shape index (κ3) is 2.02. The van der Waals surface area contributed by atoms with Crippen molar-refractivity contribution in [1.29, 1.82) is 0 Å². The van der Waals surface area contributed by atoms with Gasteiger partial charge in [0.1, 0.15) is 0 Å². The SMILES string of the molecule is CCC1CCC(N)CC1c1nnnn1C. The van der Waals surface area contributed by atoms with Crippen molar-refractivity contribution in [1.82, 2.24) is 20.2 Å². The Labute approximate surface area is 90.0 Å². The number of hydrogen-bond donors (Lipinski definition) is 1. The molecule has 0 aromatic carbocycles. The topological polar surface area (TPSA) is 69.6 Å². The van der Waals surface area contributed by atoms with E-state index in [4.69, 9.17) is 5.73 Å². The smallest absolute Gasteiger partial charge is 0.154 e. The van der Waals surface area contributed by atoms with Gasteiger partial charge in [0.15, 0.2) is 5.82 Å². The van der Waals surface area contributed by atoms with E-state index in [-0.39, 0.29) is 0 Å². The molecule has 0 radical (unpaired) electrons. The van der Waals surface area contributed by atoms with Crippen molar-refractivity contribution in [3.63, 3.8) is 0 Å². The van der Waals surface area contributed by atoms with Crippen LogP contribution in [0, 0.1) is 5.92 Å². The summed E-state index contributed by atoms with van der Waals surface area (Å²) in [6.07, 6.45) is 4.55. The van der Waals surface area contributed by atoms with E-state index in [0.29, 0.717) is 17.9 Å². The van der Waals surface area contributed by atoms with Crippen molar-refractivity contribution in [2.24, 2.45) is 18.7 Å². The zero-order valence-electron chi connectivity index (χ0n) is 9.43. The fourth-order valence-electron chi connectivity index (χ4n) is 2.62. The van der Waals surface area contributed by atoms with Crippen LogP contribution >= 0.6 is 0 Å². The molecule has 84 valence electrons. The second-order valence-corrected chi connectivity index (χ2v) is 4.51. The average molecular weight is 209 g/mol. The predicted octanol–water partition coefficient (Wildman–Crippen LogP) is 0.831. The molecule has 0 aliphatic heterocycles. The molecular weight excluding hydrogens is 190 g/mol. The molecule has 1 aliphatic carbocycles. The number of rotatable bonds is 2. The standard InChI is InChI=1S/C10H19N5/c1-3-7-4-5-8(11)6-9(7)10-12-13-14-15(10)2/h7-9H,3-6,11H2,1-2H3. The lowest BCUT2D eigenvalue weighted by Crippen LogP contribution is -2.33. The van der Waals surface area contributed by atoms with Crippen molar-refractivity contribution < 1.29 is 0 Å². The molecule has 5 heteroatoms. The second kappa shape index (κ2) is 4.26. The summed E-state index contributed by atoms with van der Waals surface area (Å²) in [5, 5.41) is 11.7. The molecule has 1 aromatic rings. The molecule has 1 saturated carbocycles. The van der Waals surface area contributed by atoms with Gasteiger partial charge in [-0.1, -0.05) is 13.3 Å². The van der Waals surface area contributed by atoms with Gasteiger partial charge >= 0.3 is 0 Å². The van der Waals surface area contributed by atoms with Crippen LogP contribution in [-0.4, -0.2) is 26.2 Å². The monoisotopic (exact) mass is 209 g/mol.